The second-order valence-electron chi connectivity index (χ2n) is 6.20. The molecule has 0 aliphatic heterocycles. The van der Waals surface area contributed by atoms with Crippen LogP contribution >= 0.6 is 11.3 Å². The van der Waals surface area contributed by atoms with Crippen molar-refractivity contribution in [3.05, 3.63) is 17.5 Å². The Labute approximate surface area is 149 Å². The van der Waals surface area contributed by atoms with Crippen molar-refractivity contribution in [1.29, 1.82) is 0 Å². The molecular formula is C16H28N4O2S2. The molecule has 1 saturated carbocycles. The summed E-state index contributed by atoms with van der Waals surface area (Å²) in [5, 5.41) is 8.46. The maximum atomic E-state index is 12.0. The lowest BCUT2D eigenvalue weighted by atomic mass is 9.87. The molecule has 3 N–H and O–H groups in total. The first-order valence-electron chi connectivity index (χ1n) is 8.59. The summed E-state index contributed by atoms with van der Waals surface area (Å²) in [5.41, 5.74) is 0. The van der Waals surface area contributed by atoms with Crippen LogP contribution in [0.3, 0.4) is 0 Å². The van der Waals surface area contributed by atoms with E-state index in [2.05, 4.69) is 27.3 Å². The fourth-order valence-electron chi connectivity index (χ4n) is 2.91. The van der Waals surface area contributed by atoms with Gasteiger partial charge in [0.05, 0.1) is 6.54 Å². The first-order chi connectivity index (χ1) is 11.5. The summed E-state index contributed by atoms with van der Waals surface area (Å²) in [6, 6.07) is 3.79. The molecule has 6 nitrogen and oxygen atoms in total. The van der Waals surface area contributed by atoms with Crippen LogP contribution in [0, 0.1) is 5.92 Å². The zero-order valence-electron chi connectivity index (χ0n) is 14.4. The molecule has 2 atom stereocenters. The number of thiophene rings is 1. The maximum Gasteiger partial charge on any atom is 0.250 e. The molecule has 1 aliphatic rings. The molecule has 2 rings (SSSR count). The van der Waals surface area contributed by atoms with Gasteiger partial charge in [0, 0.05) is 19.1 Å². The van der Waals surface area contributed by atoms with Crippen LogP contribution in [0.5, 0.6) is 0 Å². The van der Waals surface area contributed by atoms with Crippen molar-refractivity contribution in [2.45, 2.75) is 49.8 Å². The summed E-state index contributed by atoms with van der Waals surface area (Å²) in [4.78, 5) is 4.49. The van der Waals surface area contributed by atoms with Crippen molar-refractivity contribution in [2.24, 2.45) is 10.9 Å². The molecule has 0 spiro atoms. The van der Waals surface area contributed by atoms with Crippen molar-refractivity contribution < 1.29 is 8.42 Å². The van der Waals surface area contributed by atoms with Crippen molar-refractivity contribution in [3.63, 3.8) is 0 Å². The Morgan fingerprint density at radius 1 is 1.42 bits per heavy atom. The molecule has 1 heterocycles. The van der Waals surface area contributed by atoms with E-state index in [0.717, 1.165) is 24.8 Å². The highest BCUT2D eigenvalue weighted by molar-refractivity contribution is 7.91. The Morgan fingerprint density at radius 3 is 2.92 bits per heavy atom. The first kappa shape index (κ1) is 19.2. The van der Waals surface area contributed by atoms with E-state index >= 15 is 0 Å². The Hall–Kier alpha value is -1.12. The summed E-state index contributed by atoms with van der Waals surface area (Å²) < 4.78 is 27.0. The Balaban J connectivity index is 1.82. The van der Waals surface area contributed by atoms with Gasteiger partial charge in [-0.05, 0) is 37.1 Å². The molecule has 8 heteroatoms. The highest BCUT2D eigenvalue weighted by Crippen LogP contribution is 2.23. The molecule has 0 saturated heterocycles. The second kappa shape index (κ2) is 9.39. The van der Waals surface area contributed by atoms with E-state index in [1.807, 2.05) is 6.92 Å². The van der Waals surface area contributed by atoms with Crippen LogP contribution < -0.4 is 15.4 Å². The van der Waals surface area contributed by atoms with Gasteiger partial charge < -0.3 is 10.6 Å². The zero-order chi connectivity index (χ0) is 17.4. The average Bonchev–Trinajstić information content (AvgIpc) is 3.07. The lowest BCUT2D eigenvalue weighted by molar-refractivity contribution is 0.324. The van der Waals surface area contributed by atoms with Gasteiger partial charge in [-0.2, -0.15) is 0 Å². The largest absolute Gasteiger partial charge is 0.357 e. The van der Waals surface area contributed by atoms with Crippen molar-refractivity contribution in [2.75, 3.05) is 19.6 Å². The van der Waals surface area contributed by atoms with Crippen LogP contribution in [0.1, 0.15) is 39.5 Å². The number of guanidine groups is 1. The SMILES string of the molecule is CCNC(=NCCNS(=O)(=O)c1cccs1)NC1CCCC(C)C1. The highest BCUT2D eigenvalue weighted by atomic mass is 32.2. The maximum absolute atomic E-state index is 12.0. The Morgan fingerprint density at radius 2 is 2.25 bits per heavy atom. The Bertz CT molecular complexity index is 614. The summed E-state index contributed by atoms with van der Waals surface area (Å²) in [7, 11) is -3.40. The molecule has 1 aliphatic carbocycles. The molecule has 1 fully saturated rings. The zero-order valence-corrected chi connectivity index (χ0v) is 16.0. The number of rotatable bonds is 7. The third kappa shape index (κ3) is 6.07. The molecule has 0 amide bonds. The third-order valence-electron chi connectivity index (χ3n) is 4.06. The van der Waals surface area contributed by atoms with Crippen LogP contribution in [0.4, 0.5) is 0 Å². The van der Waals surface area contributed by atoms with Crippen molar-refractivity contribution in [3.8, 4) is 0 Å². The second-order valence-corrected chi connectivity index (χ2v) is 9.15. The van der Waals surface area contributed by atoms with Gasteiger partial charge in [-0.15, -0.1) is 11.3 Å². The van der Waals surface area contributed by atoms with Gasteiger partial charge in [0.25, 0.3) is 0 Å². The molecule has 136 valence electrons. The molecular weight excluding hydrogens is 344 g/mol. The average molecular weight is 373 g/mol. The van der Waals surface area contributed by atoms with Crippen LogP contribution in [0.2, 0.25) is 0 Å². The van der Waals surface area contributed by atoms with Crippen LogP contribution in [-0.4, -0.2) is 40.1 Å². The summed E-state index contributed by atoms with van der Waals surface area (Å²) in [6.45, 7) is 5.80. The monoisotopic (exact) mass is 372 g/mol. The summed E-state index contributed by atoms with van der Waals surface area (Å²) in [5.74, 6) is 1.52. The predicted octanol–water partition coefficient (Wildman–Crippen LogP) is 2.16. The number of hydrogen-bond acceptors (Lipinski definition) is 4. The molecule has 1 aromatic heterocycles. The normalized spacial score (nSPS) is 22.3. The van der Waals surface area contributed by atoms with Gasteiger partial charge in [0.2, 0.25) is 10.0 Å². The third-order valence-corrected chi connectivity index (χ3v) is 6.91. The van der Waals surface area contributed by atoms with Gasteiger partial charge in [-0.1, -0.05) is 25.8 Å². The quantitative estimate of drug-likeness (QED) is 0.389. The van der Waals surface area contributed by atoms with E-state index in [9.17, 15) is 8.42 Å². The highest BCUT2D eigenvalue weighted by Gasteiger charge is 2.19. The van der Waals surface area contributed by atoms with Crippen LogP contribution in [0.15, 0.2) is 26.7 Å². The Kier molecular flexibility index (Phi) is 7.51. The minimum absolute atomic E-state index is 0.290. The van der Waals surface area contributed by atoms with E-state index in [0.29, 0.717) is 16.8 Å². The van der Waals surface area contributed by atoms with Crippen molar-refractivity contribution >= 4 is 27.3 Å². The minimum atomic E-state index is -3.40. The molecule has 0 aromatic carbocycles. The van der Waals surface area contributed by atoms with Crippen LogP contribution in [-0.2, 0) is 10.0 Å². The predicted molar refractivity (Wildman–Crippen MR) is 100 cm³/mol. The van der Waals surface area contributed by atoms with Crippen LogP contribution in [0.25, 0.3) is 0 Å². The fourth-order valence-corrected chi connectivity index (χ4v) is 4.97. The molecule has 2 unspecified atom stereocenters. The topological polar surface area (TPSA) is 82.6 Å². The summed E-state index contributed by atoms with van der Waals surface area (Å²) >= 11 is 1.21. The van der Waals surface area contributed by atoms with Gasteiger partial charge in [-0.3, -0.25) is 4.99 Å². The lowest BCUT2D eigenvalue weighted by Crippen LogP contribution is -2.45. The van der Waals surface area contributed by atoms with Crippen molar-refractivity contribution in [1.82, 2.24) is 15.4 Å². The molecule has 0 radical (unpaired) electrons. The standard InChI is InChI=1S/C16H28N4O2S2/c1-3-17-16(20-14-7-4-6-13(2)12-14)18-9-10-19-24(21,22)15-8-5-11-23-15/h5,8,11,13-14,19H,3-4,6-7,9-10,12H2,1-2H3,(H2,17,18,20). The number of nitrogens with zero attached hydrogens (tertiary/aromatic N) is 1. The molecule has 1 aromatic rings. The number of hydrogen-bond donors (Lipinski definition) is 3. The number of nitrogens with one attached hydrogen (secondary N) is 3. The van der Waals surface area contributed by atoms with E-state index < -0.39 is 10.0 Å². The minimum Gasteiger partial charge on any atom is -0.357 e. The number of sulfonamides is 1. The summed E-state index contributed by atoms with van der Waals surface area (Å²) in [6.07, 6.45) is 4.88. The van der Waals surface area contributed by atoms with E-state index in [1.54, 1.807) is 17.5 Å². The van der Waals surface area contributed by atoms with E-state index in [1.165, 1.54) is 30.6 Å². The van der Waals surface area contributed by atoms with E-state index in [4.69, 9.17) is 0 Å². The van der Waals surface area contributed by atoms with Gasteiger partial charge >= 0.3 is 0 Å². The van der Waals surface area contributed by atoms with Gasteiger partial charge in [-0.25, -0.2) is 13.1 Å². The smallest absolute Gasteiger partial charge is 0.250 e. The first-order valence-corrected chi connectivity index (χ1v) is 11.0. The molecule has 24 heavy (non-hydrogen) atoms. The van der Waals surface area contributed by atoms with E-state index in [-0.39, 0.29) is 6.54 Å². The lowest BCUT2D eigenvalue weighted by Gasteiger charge is -2.28. The number of aliphatic imine (C=N–C) groups is 1. The fraction of sp³-hybridized carbons (Fsp3) is 0.688. The van der Waals surface area contributed by atoms with Gasteiger partial charge in [0.15, 0.2) is 5.96 Å². The van der Waals surface area contributed by atoms with Gasteiger partial charge in [0.1, 0.15) is 4.21 Å². The molecule has 0 bridgehead atoms.